The number of piperidine rings is 1. The van der Waals surface area contributed by atoms with Crippen LogP contribution in [0.4, 0.5) is 0 Å². The van der Waals surface area contributed by atoms with Crippen LogP contribution in [0, 0.1) is 5.92 Å². The van der Waals surface area contributed by atoms with Crippen molar-refractivity contribution in [3.05, 3.63) is 28.5 Å². The molecule has 1 aromatic heterocycles. The van der Waals surface area contributed by atoms with E-state index in [0.29, 0.717) is 19.0 Å². The third kappa shape index (κ3) is 3.76. The fraction of sp³-hybridized carbons (Fsp3) is 0.583. The van der Waals surface area contributed by atoms with E-state index < -0.39 is 10.0 Å². The second-order valence-corrected chi connectivity index (χ2v) is 7.58. The molecule has 1 aliphatic heterocycles. The Hall–Kier alpha value is -0.460. The van der Waals surface area contributed by atoms with Crippen molar-refractivity contribution in [1.29, 1.82) is 0 Å². The Labute approximate surface area is 117 Å². The molecule has 2 heterocycles. The molecule has 0 saturated carbocycles. The van der Waals surface area contributed by atoms with Crippen LogP contribution in [-0.2, 0) is 16.4 Å². The zero-order chi connectivity index (χ0) is 13.2. The molecule has 18 heavy (non-hydrogen) atoms. The maximum Gasteiger partial charge on any atom is 0.211 e. The van der Waals surface area contributed by atoms with E-state index in [1.807, 2.05) is 18.2 Å². The van der Waals surface area contributed by atoms with E-state index in [0.717, 1.165) is 29.6 Å². The zero-order valence-electron chi connectivity index (χ0n) is 10.3. The van der Waals surface area contributed by atoms with Crippen LogP contribution in [0.5, 0.6) is 0 Å². The predicted octanol–water partition coefficient (Wildman–Crippen LogP) is 2.06. The lowest BCUT2D eigenvalue weighted by Gasteiger charge is -2.30. The molecule has 6 heteroatoms. The Morgan fingerprint density at radius 1 is 1.50 bits per heavy atom. The van der Waals surface area contributed by atoms with Gasteiger partial charge in [0.15, 0.2) is 0 Å². The second kappa shape index (κ2) is 5.67. The number of sulfonamides is 1. The van der Waals surface area contributed by atoms with Gasteiger partial charge >= 0.3 is 0 Å². The van der Waals surface area contributed by atoms with Crippen molar-refractivity contribution in [1.82, 2.24) is 9.29 Å². The molecule has 1 aromatic rings. The molecule has 0 radical (unpaired) electrons. The molecule has 4 nitrogen and oxygen atoms in total. The summed E-state index contributed by atoms with van der Waals surface area (Å²) in [5, 5.41) is 0. The maximum atomic E-state index is 11.5. The van der Waals surface area contributed by atoms with Gasteiger partial charge in [-0.3, -0.25) is 0 Å². The van der Waals surface area contributed by atoms with Crippen LogP contribution in [0.3, 0.4) is 0 Å². The molecule has 1 fully saturated rings. The summed E-state index contributed by atoms with van der Waals surface area (Å²) < 4.78 is 25.5. The van der Waals surface area contributed by atoms with Crippen LogP contribution in [0.1, 0.15) is 18.5 Å². The van der Waals surface area contributed by atoms with E-state index in [2.05, 4.69) is 20.9 Å². The SMILES string of the molecule is CS(=O)(=O)N1CCC[C@@H](Cc2cccc(Br)n2)C1. The second-order valence-electron chi connectivity index (χ2n) is 4.79. The topological polar surface area (TPSA) is 50.3 Å². The van der Waals surface area contributed by atoms with Gasteiger partial charge < -0.3 is 0 Å². The van der Waals surface area contributed by atoms with Crippen molar-refractivity contribution in [2.75, 3.05) is 19.3 Å². The first-order valence-electron chi connectivity index (χ1n) is 6.02. The number of hydrogen-bond acceptors (Lipinski definition) is 3. The van der Waals surface area contributed by atoms with Crippen LogP contribution >= 0.6 is 15.9 Å². The molecule has 0 aliphatic carbocycles. The van der Waals surface area contributed by atoms with Crippen molar-refractivity contribution in [3.63, 3.8) is 0 Å². The lowest BCUT2D eigenvalue weighted by Crippen LogP contribution is -2.39. The van der Waals surface area contributed by atoms with Gasteiger partial charge in [-0.15, -0.1) is 0 Å². The first-order chi connectivity index (χ1) is 8.45. The highest BCUT2D eigenvalue weighted by Gasteiger charge is 2.26. The van der Waals surface area contributed by atoms with Crippen molar-refractivity contribution < 1.29 is 8.42 Å². The van der Waals surface area contributed by atoms with E-state index in [9.17, 15) is 8.42 Å². The number of aromatic nitrogens is 1. The first kappa shape index (κ1) is 14.0. The molecule has 0 amide bonds. The smallest absolute Gasteiger partial charge is 0.211 e. The Morgan fingerprint density at radius 2 is 2.28 bits per heavy atom. The molecule has 1 atom stereocenters. The molecular formula is C12H17BrN2O2S. The molecule has 0 spiro atoms. The molecule has 100 valence electrons. The van der Waals surface area contributed by atoms with Gasteiger partial charge in [-0.25, -0.2) is 17.7 Å². The third-order valence-corrected chi connectivity index (χ3v) is 4.93. The Kier molecular flexibility index (Phi) is 4.40. The lowest BCUT2D eigenvalue weighted by molar-refractivity contribution is 0.265. The Balaban J connectivity index is 2.02. The van der Waals surface area contributed by atoms with E-state index in [1.54, 1.807) is 4.31 Å². The summed E-state index contributed by atoms with van der Waals surface area (Å²) in [5.41, 5.74) is 1.02. The monoisotopic (exact) mass is 332 g/mol. The molecule has 0 bridgehead atoms. The number of nitrogens with zero attached hydrogens (tertiary/aromatic N) is 2. The van der Waals surface area contributed by atoms with Gasteiger partial charge in [-0.05, 0) is 53.2 Å². The van der Waals surface area contributed by atoms with Crippen molar-refractivity contribution >= 4 is 26.0 Å². The standard InChI is InChI=1S/C12H17BrN2O2S/c1-18(16,17)15-7-3-4-10(9-15)8-11-5-2-6-12(13)14-11/h2,5-6,10H,3-4,7-9H2,1H3/t10-/m0/s1. The van der Waals surface area contributed by atoms with E-state index in [-0.39, 0.29) is 0 Å². The summed E-state index contributed by atoms with van der Waals surface area (Å²) in [5.74, 6) is 0.371. The normalized spacial score (nSPS) is 22.0. The van der Waals surface area contributed by atoms with Gasteiger partial charge in [0.2, 0.25) is 10.0 Å². The molecule has 0 unspecified atom stereocenters. The van der Waals surface area contributed by atoms with Crippen LogP contribution < -0.4 is 0 Å². The average molecular weight is 333 g/mol. The summed E-state index contributed by atoms with van der Waals surface area (Å²) in [6, 6.07) is 5.85. The molecule has 0 N–H and O–H groups in total. The summed E-state index contributed by atoms with van der Waals surface area (Å²) in [4.78, 5) is 4.40. The maximum absolute atomic E-state index is 11.5. The van der Waals surface area contributed by atoms with E-state index in [1.165, 1.54) is 6.26 Å². The van der Waals surface area contributed by atoms with Crippen LogP contribution in [-0.4, -0.2) is 37.1 Å². The van der Waals surface area contributed by atoms with Crippen LogP contribution in [0.15, 0.2) is 22.8 Å². The lowest BCUT2D eigenvalue weighted by atomic mass is 9.94. The Bertz CT molecular complexity index is 519. The van der Waals surface area contributed by atoms with Gasteiger partial charge in [0.25, 0.3) is 0 Å². The Morgan fingerprint density at radius 3 is 2.94 bits per heavy atom. The molecule has 1 saturated heterocycles. The molecule has 1 aliphatic rings. The quantitative estimate of drug-likeness (QED) is 0.796. The fourth-order valence-corrected chi connectivity index (χ4v) is 3.68. The summed E-state index contributed by atoms with van der Waals surface area (Å²) in [6.45, 7) is 1.27. The van der Waals surface area contributed by atoms with Gasteiger partial charge in [-0.1, -0.05) is 6.07 Å². The van der Waals surface area contributed by atoms with Crippen molar-refractivity contribution in [3.8, 4) is 0 Å². The number of halogens is 1. The molecule has 0 aromatic carbocycles. The summed E-state index contributed by atoms with van der Waals surface area (Å²) >= 11 is 3.35. The zero-order valence-corrected chi connectivity index (χ0v) is 12.7. The highest BCUT2D eigenvalue weighted by molar-refractivity contribution is 9.10. The third-order valence-electron chi connectivity index (χ3n) is 3.22. The van der Waals surface area contributed by atoms with Crippen LogP contribution in [0.2, 0.25) is 0 Å². The van der Waals surface area contributed by atoms with Crippen molar-refractivity contribution in [2.24, 2.45) is 5.92 Å². The highest BCUT2D eigenvalue weighted by atomic mass is 79.9. The average Bonchev–Trinajstić information content (AvgIpc) is 2.28. The van der Waals surface area contributed by atoms with Gasteiger partial charge in [0, 0.05) is 18.8 Å². The number of pyridine rings is 1. The minimum atomic E-state index is -3.06. The van der Waals surface area contributed by atoms with Gasteiger partial charge in [0.1, 0.15) is 4.60 Å². The molecule has 2 rings (SSSR count). The molecular weight excluding hydrogens is 316 g/mol. The highest BCUT2D eigenvalue weighted by Crippen LogP contribution is 2.22. The first-order valence-corrected chi connectivity index (χ1v) is 8.66. The van der Waals surface area contributed by atoms with Crippen LogP contribution in [0.25, 0.3) is 0 Å². The van der Waals surface area contributed by atoms with E-state index >= 15 is 0 Å². The van der Waals surface area contributed by atoms with Gasteiger partial charge in [0.05, 0.1) is 6.26 Å². The fourth-order valence-electron chi connectivity index (χ4n) is 2.35. The number of hydrogen-bond donors (Lipinski definition) is 0. The van der Waals surface area contributed by atoms with E-state index in [4.69, 9.17) is 0 Å². The largest absolute Gasteiger partial charge is 0.246 e. The minimum Gasteiger partial charge on any atom is -0.246 e. The summed E-state index contributed by atoms with van der Waals surface area (Å²) in [6.07, 6.45) is 4.13. The van der Waals surface area contributed by atoms with Crippen molar-refractivity contribution in [2.45, 2.75) is 19.3 Å². The summed E-state index contributed by atoms with van der Waals surface area (Å²) in [7, 11) is -3.06. The predicted molar refractivity (Wildman–Crippen MR) is 74.8 cm³/mol. The minimum absolute atomic E-state index is 0.371. The van der Waals surface area contributed by atoms with Gasteiger partial charge in [-0.2, -0.15) is 0 Å². The number of rotatable bonds is 3.